The van der Waals surface area contributed by atoms with Crippen LogP contribution in [-0.4, -0.2) is 59.6 Å². The van der Waals surface area contributed by atoms with Crippen molar-refractivity contribution < 1.29 is 33.8 Å². The SMILES string of the molecule is C[C@H](NC(=O)OCC1c2ccccc2-c2ccccc21)C(=O)N[C@@H](C)C(=O)N[C@@H](CC(N)=O)C(=O)O. The van der Waals surface area contributed by atoms with Gasteiger partial charge in [0.15, 0.2) is 0 Å². The molecule has 4 amide bonds. The highest BCUT2D eigenvalue weighted by Crippen LogP contribution is 2.44. The predicted molar refractivity (Wildman–Crippen MR) is 129 cm³/mol. The maximum Gasteiger partial charge on any atom is 0.407 e. The summed E-state index contributed by atoms with van der Waals surface area (Å²) >= 11 is 0. The molecule has 0 aromatic heterocycles. The number of alkyl carbamates (subject to hydrolysis) is 1. The number of fused-ring (bicyclic) bond motifs is 3. The van der Waals surface area contributed by atoms with Crippen LogP contribution in [0, 0.1) is 0 Å². The van der Waals surface area contributed by atoms with Crippen molar-refractivity contribution in [2.24, 2.45) is 5.73 Å². The maximum atomic E-state index is 12.4. The first-order valence-electron chi connectivity index (χ1n) is 11.3. The molecule has 36 heavy (non-hydrogen) atoms. The molecule has 0 saturated carbocycles. The van der Waals surface area contributed by atoms with Gasteiger partial charge >= 0.3 is 12.1 Å². The Morgan fingerprint density at radius 1 is 0.861 bits per heavy atom. The lowest BCUT2D eigenvalue weighted by molar-refractivity contribution is -0.143. The molecule has 0 spiro atoms. The first-order chi connectivity index (χ1) is 17.1. The monoisotopic (exact) mass is 496 g/mol. The van der Waals surface area contributed by atoms with E-state index >= 15 is 0 Å². The van der Waals surface area contributed by atoms with Crippen molar-refractivity contribution in [2.75, 3.05) is 6.61 Å². The largest absolute Gasteiger partial charge is 0.480 e. The van der Waals surface area contributed by atoms with Crippen molar-refractivity contribution in [2.45, 2.75) is 44.3 Å². The zero-order chi connectivity index (χ0) is 26.4. The lowest BCUT2D eigenvalue weighted by Gasteiger charge is -2.20. The molecule has 1 aliphatic carbocycles. The number of rotatable bonds is 10. The van der Waals surface area contributed by atoms with Crippen LogP contribution in [0.4, 0.5) is 4.79 Å². The van der Waals surface area contributed by atoms with Crippen LogP contribution in [0.5, 0.6) is 0 Å². The molecule has 2 aromatic rings. The van der Waals surface area contributed by atoms with Gasteiger partial charge in [-0.05, 0) is 36.1 Å². The van der Waals surface area contributed by atoms with Gasteiger partial charge in [0.1, 0.15) is 24.7 Å². The number of carboxylic acids is 1. The molecule has 2 aromatic carbocycles. The molecule has 0 saturated heterocycles. The van der Waals surface area contributed by atoms with Gasteiger partial charge in [-0.3, -0.25) is 14.4 Å². The summed E-state index contributed by atoms with van der Waals surface area (Å²) in [5.41, 5.74) is 9.26. The Labute approximate surface area is 207 Å². The number of amides is 4. The summed E-state index contributed by atoms with van der Waals surface area (Å²) in [5.74, 6) is -4.00. The van der Waals surface area contributed by atoms with Gasteiger partial charge < -0.3 is 31.5 Å². The molecule has 0 unspecified atom stereocenters. The van der Waals surface area contributed by atoms with Crippen LogP contribution < -0.4 is 21.7 Å². The van der Waals surface area contributed by atoms with Crippen LogP contribution >= 0.6 is 0 Å². The van der Waals surface area contributed by atoms with E-state index in [4.69, 9.17) is 15.6 Å². The second-order valence-corrected chi connectivity index (χ2v) is 8.49. The zero-order valence-corrected chi connectivity index (χ0v) is 19.8. The average molecular weight is 497 g/mol. The van der Waals surface area contributed by atoms with Gasteiger partial charge in [0.2, 0.25) is 17.7 Å². The number of ether oxygens (including phenoxy) is 1. The van der Waals surface area contributed by atoms with E-state index in [2.05, 4.69) is 16.0 Å². The molecule has 3 rings (SSSR count). The minimum Gasteiger partial charge on any atom is -0.480 e. The fraction of sp³-hybridized carbons (Fsp3) is 0.320. The summed E-state index contributed by atoms with van der Waals surface area (Å²) in [7, 11) is 0. The lowest BCUT2D eigenvalue weighted by atomic mass is 9.98. The van der Waals surface area contributed by atoms with Gasteiger partial charge in [-0.1, -0.05) is 48.5 Å². The molecule has 11 nitrogen and oxygen atoms in total. The molecule has 0 fully saturated rings. The highest BCUT2D eigenvalue weighted by molar-refractivity contribution is 5.93. The fourth-order valence-electron chi connectivity index (χ4n) is 3.98. The summed E-state index contributed by atoms with van der Waals surface area (Å²) in [4.78, 5) is 59.2. The van der Waals surface area contributed by atoms with Crippen LogP contribution in [-0.2, 0) is 23.9 Å². The van der Waals surface area contributed by atoms with Crippen molar-refractivity contribution in [1.29, 1.82) is 0 Å². The number of hydrogen-bond donors (Lipinski definition) is 5. The van der Waals surface area contributed by atoms with E-state index in [0.29, 0.717) is 0 Å². The third kappa shape index (κ3) is 6.17. The van der Waals surface area contributed by atoms with Crippen LogP contribution in [0.2, 0.25) is 0 Å². The smallest absolute Gasteiger partial charge is 0.407 e. The van der Waals surface area contributed by atoms with Crippen molar-refractivity contribution in [3.63, 3.8) is 0 Å². The van der Waals surface area contributed by atoms with E-state index in [0.717, 1.165) is 22.3 Å². The van der Waals surface area contributed by atoms with E-state index in [1.807, 2.05) is 48.5 Å². The number of carboxylic acid groups (broad SMARTS) is 1. The van der Waals surface area contributed by atoms with E-state index in [1.165, 1.54) is 13.8 Å². The Balaban J connectivity index is 1.51. The third-order valence-electron chi connectivity index (χ3n) is 5.84. The maximum absolute atomic E-state index is 12.4. The second kappa shape index (κ2) is 11.3. The third-order valence-corrected chi connectivity index (χ3v) is 5.84. The molecule has 0 radical (unpaired) electrons. The van der Waals surface area contributed by atoms with E-state index in [9.17, 15) is 24.0 Å². The summed E-state index contributed by atoms with van der Waals surface area (Å²) in [6, 6.07) is 12.1. The molecular weight excluding hydrogens is 468 g/mol. The van der Waals surface area contributed by atoms with Gasteiger partial charge in [0, 0.05) is 5.92 Å². The molecule has 0 aliphatic heterocycles. The van der Waals surface area contributed by atoms with Crippen LogP contribution in [0.15, 0.2) is 48.5 Å². The van der Waals surface area contributed by atoms with E-state index in [1.54, 1.807) is 0 Å². The van der Waals surface area contributed by atoms with Crippen molar-refractivity contribution in [1.82, 2.24) is 16.0 Å². The summed E-state index contributed by atoms with van der Waals surface area (Å²) < 4.78 is 5.41. The predicted octanol–water partition coefficient (Wildman–Crippen LogP) is 0.863. The van der Waals surface area contributed by atoms with E-state index < -0.39 is 54.3 Å². The number of benzene rings is 2. The second-order valence-electron chi connectivity index (χ2n) is 8.49. The Hall–Kier alpha value is -4.41. The Morgan fingerprint density at radius 2 is 1.36 bits per heavy atom. The minimum absolute atomic E-state index is 0.0729. The first kappa shape index (κ1) is 26.2. The molecule has 6 N–H and O–H groups in total. The number of hydrogen-bond acceptors (Lipinski definition) is 6. The summed E-state index contributed by atoms with van der Waals surface area (Å²) in [6.07, 6.45) is -1.40. The van der Waals surface area contributed by atoms with Gasteiger partial charge in [0.25, 0.3) is 0 Å². The molecule has 0 bridgehead atoms. The van der Waals surface area contributed by atoms with Crippen LogP contribution in [0.1, 0.15) is 37.3 Å². The topological polar surface area (TPSA) is 177 Å². The first-order valence-corrected chi connectivity index (χ1v) is 11.3. The fourth-order valence-corrected chi connectivity index (χ4v) is 3.98. The highest BCUT2D eigenvalue weighted by Gasteiger charge is 2.30. The van der Waals surface area contributed by atoms with Gasteiger partial charge in [-0.15, -0.1) is 0 Å². The lowest BCUT2D eigenvalue weighted by Crippen LogP contribution is -2.54. The number of nitrogens with two attached hydrogens (primary N) is 1. The van der Waals surface area contributed by atoms with Gasteiger partial charge in [-0.25, -0.2) is 9.59 Å². The van der Waals surface area contributed by atoms with Gasteiger partial charge in [0.05, 0.1) is 6.42 Å². The van der Waals surface area contributed by atoms with Crippen LogP contribution in [0.25, 0.3) is 11.1 Å². The highest BCUT2D eigenvalue weighted by atomic mass is 16.5. The number of carbonyl (C=O) groups is 5. The summed E-state index contributed by atoms with van der Waals surface area (Å²) in [5, 5.41) is 16.0. The number of aliphatic carboxylic acids is 1. The standard InChI is InChI=1S/C25H28N4O7/c1-13(23(32)29-20(24(33)34)11-21(26)30)27-22(31)14(2)28-25(35)36-12-19-17-9-5-3-7-15(17)16-8-4-6-10-18(16)19/h3-10,13-14,19-20H,11-12H2,1-2H3,(H2,26,30)(H,27,31)(H,28,35)(H,29,32)(H,33,34)/t13-,14-,20-/m0/s1. The van der Waals surface area contributed by atoms with Crippen molar-refractivity contribution in [3.05, 3.63) is 59.7 Å². The quantitative estimate of drug-likeness (QED) is 0.324. The molecular formula is C25H28N4O7. The summed E-state index contributed by atoms with van der Waals surface area (Å²) in [6.45, 7) is 2.81. The Kier molecular flexibility index (Phi) is 8.26. The van der Waals surface area contributed by atoms with Crippen molar-refractivity contribution >= 4 is 29.8 Å². The number of nitrogens with one attached hydrogen (secondary N) is 3. The minimum atomic E-state index is -1.52. The number of primary amides is 1. The normalized spacial score (nSPS) is 14.4. The zero-order valence-electron chi connectivity index (χ0n) is 19.8. The molecule has 1 aliphatic rings. The molecule has 3 atom stereocenters. The molecule has 190 valence electrons. The van der Waals surface area contributed by atoms with Gasteiger partial charge in [-0.2, -0.15) is 0 Å². The van der Waals surface area contributed by atoms with Crippen molar-refractivity contribution in [3.8, 4) is 11.1 Å². The molecule has 11 heteroatoms. The average Bonchev–Trinajstić information content (AvgIpc) is 3.15. The Morgan fingerprint density at radius 3 is 1.89 bits per heavy atom. The number of carbonyl (C=O) groups excluding carboxylic acids is 4. The van der Waals surface area contributed by atoms with E-state index in [-0.39, 0.29) is 12.5 Å². The van der Waals surface area contributed by atoms with Crippen LogP contribution in [0.3, 0.4) is 0 Å². The Bertz CT molecular complexity index is 1140. The molecule has 0 heterocycles.